The molecule has 0 unspecified atom stereocenters. The summed E-state index contributed by atoms with van der Waals surface area (Å²) in [6.45, 7) is 6.66. The lowest BCUT2D eigenvalue weighted by Crippen LogP contribution is -2.22. The quantitative estimate of drug-likeness (QED) is 0.739. The number of anilines is 1. The SMILES string of the molecule is CC(C)(C)n1cc(NC(=O)c2ccc(OCc3ccccc3)cc2)cn1. The van der Waals surface area contributed by atoms with Crippen LogP contribution >= 0.6 is 0 Å². The molecule has 0 atom stereocenters. The first-order valence-electron chi connectivity index (χ1n) is 8.55. The highest BCUT2D eigenvalue weighted by Crippen LogP contribution is 2.18. The van der Waals surface area contributed by atoms with E-state index >= 15 is 0 Å². The van der Waals surface area contributed by atoms with Crippen LogP contribution in [0.3, 0.4) is 0 Å². The minimum atomic E-state index is -0.173. The molecule has 1 amide bonds. The summed E-state index contributed by atoms with van der Waals surface area (Å²) in [5, 5.41) is 7.15. The molecule has 0 aliphatic rings. The zero-order valence-corrected chi connectivity index (χ0v) is 15.3. The van der Waals surface area contributed by atoms with Gasteiger partial charge in [-0.25, -0.2) is 0 Å². The largest absolute Gasteiger partial charge is 0.489 e. The molecular formula is C21H23N3O2. The van der Waals surface area contributed by atoms with Crippen LogP contribution in [0.4, 0.5) is 5.69 Å². The fourth-order valence-corrected chi connectivity index (χ4v) is 2.40. The molecule has 26 heavy (non-hydrogen) atoms. The monoisotopic (exact) mass is 349 g/mol. The van der Waals surface area contributed by atoms with Crippen LogP contribution in [-0.4, -0.2) is 15.7 Å². The zero-order chi connectivity index (χ0) is 18.6. The molecule has 0 saturated heterocycles. The second-order valence-corrected chi connectivity index (χ2v) is 7.10. The van der Waals surface area contributed by atoms with E-state index in [1.165, 1.54) is 0 Å². The maximum absolute atomic E-state index is 12.4. The van der Waals surface area contributed by atoms with Crippen molar-refractivity contribution < 1.29 is 9.53 Å². The maximum atomic E-state index is 12.4. The van der Waals surface area contributed by atoms with Crippen LogP contribution in [0.5, 0.6) is 5.75 Å². The van der Waals surface area contributed by atoms with Crippen molar-refractivity contribution in [3.63, 3.8) is 0 Å². The number of hydrogen-bond donors (Lipinski definition) is 1. The number of carbonyl (C=O) groups is 1. The molecular weight excluding hydrogens is 326 g/mol. The summed E-state index contributed by atoms with van der Waals surface area (Å²) in [7, 11) is 0. The molecule has 0 saturated carbocycles. The van der Waals surface area contributed by atoms with E-state index in [0.29, 0.717) is 17.9 Å². The Balaban J connectivity index is 1.59. The van der Waals surface area contributed by atoms with Gasteiger partial charge in [0.25, 0.3) is 5.91 Å². The highest BCUT2D eigenvalue weighted by Gasteiger charge is 2.15. The Morgan fingerprint density at radius 3 is 2.38 bits per heavy atom. The first-order chi connectivity index (χ1) is 12.4. The summed E-state index contributed by atoms with van der Waals surface area (Å²) >= 11 is 0. The second-order valence-electron chi connectivity index (χ2n) is 7.10. The third-order valence-electron chi connectivity index (χ3n) is 3.89. The smallest absolute Gasteiger partial charge is 0.255 e. The van der Waals surface area contributed by atoms with Gasteiger partial charge in [0.05, 0.1) is 17.4 Å². The van der Waals surface area contributed by atoms with Crippen LogP contribution < -0.4 is 10.1 Å². The van der Waals surface area contributed by atoms with Gasteiger partial charge in [0, 0.05) is 11.8 Å². The second kappa shape index (κ2) is 7.44. The summed E-state index contributed by atoms with van der Waals surface area (Å²) in [5.41, 5.74) is 2.22. The number of nitrogens with zero attached hydrogens (tertiary/aromatic N) is 2. The van der Waals surface area contributed by atoms with Crippen LogP contribution in [0.25, 0.3) is 0 Å². The number of amides is 1. The number of benzene rings is 2. The normalized spacial score (nSPS) is 11.2. The van der Waals surface area contributed by atoms with Gasteiger partial charge in [-0.1, -0.05) is 30.3 Å². The van der Waals surface area contributed by atoms with Crippen LogP contribution in [0, 0.1) is 0 Å². The lowest BCUT2D eigenvalue weighted by atomic mass is 10.1. The van der Waals surface area contributed by atoms with E-state index in [9.17, 15) is 4.79 Å². The molecule has 1 aromatic heterocycles. The maximum Gasteiger partial charge on any atom is 0.255 e. The zero-order valence-electron chi connectivity index (χ0n) is 15.3. The van der Waals surface area contributed by atoms with Gasteiger partial charge < -0.3 is 10.1 Å². The Bertz CT molecular complexity index is 862. The summed E-state index contributed by atoms with van der Waals surface area (Å²) < 4.78 is 7.56. The molecule has 2 aromatic carbocycles. The molecule has 0 fully saturated rings. The van der Waals surface area contributed by atoms with Crippen molar-refractivity contribution in [2.45, 2.75) is 32.9 Å². The van der Waals surface area contributed by atoms with Crippen molar-refractivity contribution in [3.8, 4) is 5.75 Å². The minimum absolute atomic E-state index is 0.124. The van der Waals surface area contributed by atoms with Gasteiger partial charge in [-0.05, 0) is 50.6 Å². The van der Waals surface area contributed by atoms with Crippen molar-refractivity contribution in [2.24, 2.45) is 0 Å². The van der Waals surface area contributed by atoms with E-state index in [4.69, 9.17) is 4.74 Å². The van der Waals surface area contributed by atoms with Crippen molar-refractivity contribution in [1.82, 2.24) is 9.78 Å². The number of ether oxygens (including phenoxy) is 1. The highest BCUT2D eigenvalue weighted by molar-refractivity contribution is 6.04. The molecule has 0 bridgehead atoms. The van der Waals surface area contributed by atoms with E-state index in [1.807, 2.05) is 41.2 Å². The Morgan fingerprint density at radius 2 is 1.77 bits per heavy atom. The van der Waals surface area contributed by atoms with Crippen molar-refractivity contribution >= 4 is 11.6 Å². The molecule has 3 aromatic rings. The molecule has 0 aliphatic carbocycles. The molecule has 5 heteroatoms. The Labute approximate surface area is 153 Å². The lowest BCUT2D eigenvalue weighted by Gasteiger charge is -2.18. The minimum Gasteiger partial charge on any atom is -0.489 e. The summed E-state index contributed by atoms with van der Waals surface area (Å²) in [4.78, 5) is 12.4. The topological polar surface area (TPSA) is 56.2 Å². The Hall–Kier alpha value is -3.08. The molecule has 5 nitrogen and oxygen atoms in total. The molecule has 3 rings (SSSR count). The van der Waals surface area contributed by atoms with Gasteiger partial charge in [-0.2, -0.15) is 5.10 Å². The summed E-state index contributed by atoms with van der Waals surface area (Å²) in [6, 6.07) is 17.1. The van der Waals surface area contributed by atoms with Gasteiger partial charge in [-0.3, -0.25) is 9.48 Å². The highest BCUT2D eigenvalue weighted by atomic mass is 16.5. The third kappa shape index (κ3) is 4.51. The van der Waals surface area contributed by atoms with E-state index in [1.54, 1.807) is 30.5 Å². The number of aromatic nitrogens is 2. The summed E-state index contributed by atoms with van der Waals surface area (Å²) in [5.74, 6) is 0.555. The van der Waals surface area contributed by atoms with Crippen LogP contribution in [0.1, 0.15) is 36.7 Å². The standard InChI is InChI=1S/C21H23N3O2/c1-21(2,3)24-14-18(13-22-24)23-20(25)17-9-11-19(12-10-17)26-15-16-7-5-4-6-8-16/h4-14H,15H2,1-3H3,(H,23,25). The number of hydrogen-bond acceptors (Lipinski definition) is 3. The van der Waals surface area contributed by atoms with Gasteiger partial charge in [-0.15, -0.1) is 0 Å². The molecule has 1 heterocycles. The van der Waals surface area contributed by atoms with E-state index < -0.39 is 0 Å². The van der Waals surface area contributed by atoms with Gasteiger partial charge in [0.1, 0.15) is 12.4 Å². The van der Waals surface area contributed by atoms with E-state index in [0.717, 1.165) is 11.3 Å². The predicted octanol–water partition coefficient (Wildman–Crippen LogP) is 4.47. The van der Waals surface area contributed by atoms with Gasteiger partial charge in [0.15, 0.2) is 0 Å². The lowest BCUT2D eigenvalue weighted by molar-refractivity contribution is 0.102. The Kier molecular flexibility index (Phi) is 5.07. The first kappa shape index (κ1) is 17.7. The summed E-state index contributed by atoms with van der Waals surface area (Å²) in [6.07, 6.45) is 3.48. The van der Waals surface area contributed by atoms with Gasteiger partial charge in [0.2, 0.25) is 0 Å². The first-order valence-corrected chi connectivity index (χ1v) is 8.55. The van der Waals surface area contributed by atoms with Crippen LogP contribution in [0.2, 0.25) is 0 Å². The molecule has 0 aliphatic heterocycles. The van der Waals surface area contributed by atoms with E-state index in [2.05, 4.69) is 31.2 Å². The van der Waals surface area contributed by atoms with Crippen LogP contribution in [-0.2, 0) is 12.1 Å². The van der Waals surface area contributed by atoms with Crippen LogP contribution in [0.15, 0.2) is 67.0 Å². The number of carbonyl (C=O) groups excluding carboxylic acids is 1. The molecule has 0 spiro atoms. The van der Waals surface area contributed by atoms with Crippen molar-refractivity contribution in [3.05, 3.63) is 78.1 Å². The predicted molar refractivity (Wildman–Crippen MR) is 102 cm³/mol. The molecule has 134 valence electrons. The number of nitrogens with one attached hydrogen (secondary N) is 1. The van der Waals surface area contributed by atoms with Gasteiger partial charge >= 0.3 is 0 Å². The Morgan fingerprint density at radius 1 is 1.08 bits per heavy atom. The van der Waals surface area contributed by atoms with Crippen molar-refractivity contribution in [1.29, 1.82) is 0 Å². The average molecular weight is 349 g/mol. The fraction of sp³-hybridized carbons (Fsp3) is 0.238. The average Bonchev–Trinajstić information content (AvgIpc) is 3.10. The third-order valence-corrected chi connectivity index (χ3v) is 3.89. The van der Waals surface area contributed by atoms with Crippen molar-refractivity contribution in [2.75, 3.05) is 5.32 Å². The molecule has 1 N–H and O–H groups in total. The number of rotatable bonds is 5. The van der Waals surface area contributed by atoms with E-state index in [-0.39, 0.29) is 11.4 Å². The fourth-order valence-electron chi connectivity index (χ4n) is 2.40. The molecule has 0 radical (unpaired) electrons.